The van der Waals surface area contributed by atoms with Gasteiger partial charge >= 0.3 is 0 Å². The van der Waals surface area contributed by atoms with E-state index in [-0.39, 0.29) is 11.1 Å². The lowest BCUT2D eigenvalue weighted by molar-refractivity contribution is 0.0846. The molecule has 0 aromatic heterocycles. The molecule has 9 nitrogen and oxygen atoms in total. The number of benzene rings is 3. The van der Waals surface area contributed by atoms with Crippen molar-refractivity contribution in [3.8, 4) is 17.2 Å². The van der Waals surface area contributed by atoms with Crippen LogP contribution in [0.1, 0.15) is 36.6 Å². The van der Waals surface area contributed by atoms with Crippen LogP contribution in [-0.4, -0.2) is 39.1 Å². The van der Waals surface area contributed by atoms with E-state index in [1.807, 2.05) is 6.92 Å². The summed E-state index contributed by atoms with van der Waals surface area (Å²) in [5.41, 5.74) is 7.08. The molecule has 0 spiro atoms. The van der Waals surface area contributed by atoms with Crippen LogP contribution in [0.15, 0.2) is 60.7 Å². The predicted molar refractivity (Wildman–Crippen MR) is 127 cm³/mol. The second kappa shape index (κ2) is 10.9. The van der Waals surface area contributed by atoms with E-state index in [4.69, 9.17) is 14.2 Å². The first-order chi connectivity index (χ1) is 16.4. The molecule has 0 aliphatic heterocycles. The van der Waals surface area contributed by atoms with Crippen molar-refractivity contribution in [1.29, 1.82) is 0 Å². The van der Waals surface area contributed by atoms with Crippen molar-refractivity contribution in [3.05, 3.63) is 82.9 Å². The maximum atomic E-state index is 12.8. The Morgan fingerprint density at radius 3 is 1.79 bits per heavy atom. The number of methoxy groups -OCH3 is 3. The van der Waals surface area contributed by atoms with Gasteiger partial charge in [-0.05, 0) is 49.4 Å². The highest BCUT2D eigenvalue weighted by atomic mass is 16.5. The second-order valence-corrected chi connectivity index (χ2v) is 7.22. The number of ether oxygens (including phenoxy) is 3. The van der Waals surface area contributed by atoms with Crippen molar-refractivity contribution in [2.75, 3.05) is 26.6 Å². The summed E-state index contributed by atoms with van der Waals surface area (Å²) in [4.78, 5) is 37.5. The Bertz CT molecular complexity index is 1180. The zero-order valence-electron chi connectivity index (χ0n) is 19.2. The number of nitrogens with one attached hydrogen (secondary N) is 3. The Hall–Kier alpha value is -4.53. The minimum absolute atomic E-state index is 0.242. The molecule has 0 saturated heterocycles. The van der Waals surface area contributed by atoms with E-state index >= 15 is 0 Å². The minimum atomic E-state index is -0.538. The van der Waals surface area contributed by atoms with Gasteiger partial charge in [0.1, 0.15) is 0 Å². The molecule has 3 amide bonds. The van der Waals surface area contributed by atoms with Crippen LogP contribution in [0.2, 0.25) is 0 Å². The van der Waals surface area contributed by atoms with Crippen LogP contribution in [0.5, 0.6) is 17.2 Å². The first-order valence-electron chi connectivity index (χ1n) is 10.2. The molecule has 0 saturated carbocycles. The van der Waals surface area contributed by atoms with Gasteiger partial charge in [0.05, 0.1) is 21.3 Å². The average Bonchev–Trinajstić information content (AvgIpc) is 2.86. The second-order valence-electron chi connectivity index (χ2n) is 7.22. The van der Waals surface area contributed by atoms with E-state index in [0.717, 1.165) is 5.56 Å². The monoisotopic (exact) mass is 463 g/mol. The number of hydrogen-bond donors (Lipinski definition) is 3. The van der Waals surface area contributed by atoms with Crippen molar-refractivity contribution >= 4 is 23.4 Å². The van der Waals surface area contributed by atoms with Crippen LogP contribution in [0.3, 0.4) is 0 Å². The van der Waals surface area contributed by atoms with E-state index in [2.05, 4.69) is 16.2 Å². The third kappa shape index (κ3) is 5.63. The fourth-order valence-electron chi connectivity index (χ4n) is 3.12. The van der Waals surface area contributed by atoms with Crippen molar-refractivity contribution in [1.82, 2.24) is 10.9 Å². The third-order valence-electron chi connectivity index (χ3n) is 4.91. The van der Waals surface area contributed by atoms with E-state index in [1.165, 1.54) is 39.5 Å². The van der Waals surface area contributed by atoms with Crippen molar-refractivity contribution in [2.24, 2.45) is 0 Å². The molecule has 0 bridgehead atoms. The first kappa shape index (κ1) is 24.1. The van der Waals surface area contributed by atoms with Crippen LogP contribution >= 0.6 is 0 Å². The highest BCUT2D eigenvalue weighted by Gasteiger charge is 2.17. The predicted octanol–water partition coefficient (Wildman–Crippen LogP) is 3.35. The molecule has 0 aliphatic carbocycles. The fourth-order valence-corrected chi connectivity index (χ4v) is 3.12. The van der Waals surface area contributed by atoms with E-state index < -0.39 is 17.7 Å². The van der Waals surface area contributed by atoms with Crippen molar-refractivity contribution in [2.45, 2.75) is 6.92 Å². The van der Waals surface area contributed by atoms with E-state index in [9.17, 15) is 14.4 Å². The maximum Gasteiger partial charge on any atom is 0.269 e. The molecular formula is C25H25N3O6. The van der Waals surface area contributed by atoms with Gasteiger partial charge < -0.3 is 19.5 Å². The number of rotatable bonds is 7. The number of hydrogen-bond acceptors (Lipinski definition) is 6. The summed E-state index contributed by atoms with van der Waals surface area (Å²) in [5.74, 6) is -0.379. The molecule has 3 N–H and O–H groups in total. The Morgan fingerprint density at radius 2 is 1.24 bits per heavy atom. The smallest absolute Gasteiger partial charge is 0.269 e. The number of anilines is 1. The van der Waals surface area contributed by atoms with Crippen LogP contribution in [0.4, 0.5) is 5.69 Å². The van der Waals surface area contributed by atoms with Gasteiger partial charge in [0.2, 0.25) is 5.75 Å². The molecule has 34 heavy (non-hydrogen) atoms. The lowest BCUT2D eigenvalue weighted by Crippen LogP contribution is -2.41. The summed E-state index contributed by atoms with van der Waals surface area (Å²) in [5, 5.41) is 2.73. The molecule has 0 unspecified atom stereocenters. The molecule has 0 heterocycles. The van der Waals surface area contributed by atoms with Gasteiger partial charge in [0.25, 0.3) is 17.7 Å². The molecular weight excluding hydrogens is 438 g/mol. The van der Waals surface area contributed by atoms with Gasteiger partial charge in [-0.1, -0.05) is 23.8 Å². The van der Waals surface area contributed by atoms with Crippen LogP contribution < -0.4 is 30.4 Å². The summed E-state index contributed by atoms with van der Waals surface area (Å²) in [6.45, 7) is 1.91. The van der Waals surface area contributed by atoms with Gasteiger partial charge in [-0.2, -0.15) is 0 Å². The molecule has 9 heteroatoms. The molecule has 0 atom stereocenters. The molecule has 176 valence electrons. The lowest BCUT2D eigenvalue weighted by Gasteiger charge is -2.14. The Morgan fingerprint density at radius 1 is 0.647 bits per heavy atom. The first-order valence-corrected chi connectivity index (χ1v) is 10.2. The summed E-state index contributed by atoms with van der Waals surface area (Å²) in [7, 11) is 4.39. The summed E-state index contributed by atoms with van der Waals surface area (Å²) >= 11 is 0. The van der Waals surface area contributed by atoms with Crippen molar-refractivity contribution in [3.63, 3.8) is 0 Å². The molecule has 0 fully saturated rings. The topological polar surface area (TPSA) is 115 Å². The SMILES string of the molecule is COc1cc(C(=O)Nc2cccc(C(=O)NNC(=O)c3ccc(C)cc3)c2)cc(OC)c1OC. The third-order valence-corrected chi connectivity index (χ3v) is 4.91. The van der Waals surface area contributed by atoms with Crippen molar-refractivity contribution < 1.29 is 28.6 Å². The summed E-state index contributed by atoms with van der Waals surface area (Å²) < 4.78 is 15.8. The quantitative estimate of drug-likeness (QED) is 0.463. The Balaban J connectivity index is 1.69. The van der Waals surface area contributed by atoms with Gasteiger partial charge in [0.15, 0.2) is 11.5 Å². The number of carbonyl (C=O) groups excluding carboxylic acids is 3. The van der Waals surface area contributed by atoms with Gasteiger partial charge in [-0.15, -0.1) is 0 Å². The highest BCUT2D eigenvalue weighted by Crippen LogP contribution is 2.38. The zero-order chi connectivity index (χ0) is 24.7. The minimum Gasteiger partial charge on any atom is -0.493 e. The Kier molecular flexibility index (Phi) is 7.71. The number of carbonyl (C=O) groups is 3. The Labute approximate surface area is 197 Å². The number of aryl methyl sites for hydroxylation is 1. The van der Waals surface area contributed by atoms with Gasteiger partial charge in [0, 0.05) is 22.4 Å². The highest BCUT2D eigenvalue weighted by molar-refractivity contribution is 6.06. The average molecular weight is 463 g/mol. The van der Waals surface area contributed by atoms with Crippen LogP contribution in [-0.2, 0) is 0 Å². The molecule has 3 aromatic carbocycles. The summed E-state index contributed by atoms with van der Waals surface area (Å²) in [6, 6.07) is 16.3. The standard InChI is InChI=1S/C25H25N3O6/c1-15-8-10-16(11-9-15)24(30)27-28-25(31)17-6-5-7-19(12-17)26-23(29)18-13-20(32-2)22(34-4)21(14-18)33-3/h5-14H,1-4H3,(H,26,29)(H,27,30)(H,28,31). The number of amides is 3. The normalized spacial score (nSPS) is 10.1. The summed E-state index contributed by atoms with van der Waals surface area (Å²) in [6.07, 6.45) is 0. The molecule has 3 aromatic rings. The van der Waals surface area contributed by atoms with E-state index in [0.29, 0.717) is 28.5 Å². The maximum absolute atomic E-state index is 12.8. The number of hydrazine groups is 1. The molecule has 3 rings (SSSR count). The fraction of sp³-hybridized carbons (Fsp3) is 0.160. The van der Waals surface area contributed by atoms with Crippen LogP contribution in [0.25, 0.3) is 0 Å². The van der Waals surface area contributed by atoms with Gasteiger partial charge in [-0.3, -0.25) is 25.2 Å². The zero-order valence-corrected chi connectivity index (χ0v) is 19.2. The molecule has 0 radical (unpaired) electrons. The largest absolute Gasteiger partial charge is 0.493 e. The van der Waals surface area contributed by atoms with Crippen LogP contribution in [0, 0.1) is 6.92 Å². The van der Waals surface area contributed by atoms with E-state index in [1.54, 1.807) is 42.5 Å². The molecule has 0 aliphatic rings. The van der Waals surface area contributed by atoms with Gasteiger partial charge in [-0.25, -0.2) is 0 Å². The lowest BCUT2D eigenvalue weighted by atomic mass is 10.1.